The molecule has 7 aromatic carbocycles. The molecule has 2 aromatic heterocycles. The molecule has 0 aliphatic rings. The Hall–Kier alpha value is -6.39. The lowest BCUT2D eigenvalue weighted by molar-refractivity contribution is 0.629. The van der Waals surface area contributed by atoms with E-state index in [1.54, 1.807) is 6.07 Å². The molecule has 0 saturated carbocycles. The number of aromatic nitrogens is 3. The largest absolute Gasteiger partial charge is 0.277 e. The summed E-state index contributed by atoms with van der Waals surface area (Å²) in [7, 11) is 0. The maximum atomic E-state index is 14.4. The van der Waals surface area contributed by atoms with E-state index in [2.05, 4.69) is 115 Å². The van der Waals surface area contributed by atoms with Gasteiger partial charge in [0.1, 0.15) is 5.82 Å². The SMILES string of the molecule is Fc1ccc2c(c1)c1ccc3ccccc3c1n2-c1ncc(-c2ccc(-c3cc(-c4ccccc4)cc(-c4ccccc4)c3)cc2)cn1. The summed E-state index contributed by atoms with van der Waals surface area (Å²) >= 11 is 0. The van der Waals surface area contributed by atoms with Crippen LogP contribution in [0, 0.1) is 5.82 Å². The summed E-state index contributed by atoms with van der Waals surface area (Å²) in [6.07, 6.45) is 3.74. The molecule has 226 valence electrons. The maximum Gasteiger partial charge on any atom is 0.234 e. The second-order valence-electron chi connectivity index (χ2n) is 12.1. The van der Waals surface area contributed by atoms with Crippen LogP contribution in [0.1, 0.15) is 0 Å². The number of fused-ring (bicyclic) bond motifs is 5. The Kier molecular flexibility index (Phi) is 6.65. The van der Waals surface area contributed by atoms with Crippen molar-refractivity contribution in [2.75, 3.05) is 0 Å². The van der Waals surface area contributed by atoms with Crippen molar-refractivity contribution in [3.05, 3.63) is 176 Å². The molecule has 9 aromatic rings. The highest BCUT2D eigenvalue weighted by atomic mass is 19.1. The topological polar surface area (TPSA) is 30.7 Å². The van der Waals surface area contributed by atoms with Gasteiger partial charge in [0, 0.05) is 34.1 Å². The smallest absolute Gasteiger partial charge is 0.234 e. The molecule has 0 radical (unpaired) electrons. The third kappa shape index (κ3) is 4.83. The Morgan fingerprint density at radius 2 is 0.938 bits per heavy atom. The van der Waals surface area contributed by atoms with Gasteiger partial charge in [-0.3, -0.25) is 4.57 Å². The molecule has 3 nitrogen and oxygen atoms in total. The van der Waals surface area contributed by atoms with Crippen LogP contribution < -0.4 is 0 Å². The van der Waals surface area contributed by atoms with Gasteiger partial charge in [0.05, 0.1) is 11.0 Å². The Morgan fingerprint density at radius 1 is 0.396 bits per heavy atom. The van der Waals surface area contributed by atoms with Crippen molar-refractivity contribution in [1.29, 1.82) is 0 Å². The monoisotopic (exact) mass is 617 g/mol. The van der Waals surface area contributed by atoms with Crippen LogP contribution >= 0.6 is 0 Å². The van der Waals surface area contributed by atoms with Crippen molar-refractivity contribution in [3.63, 3.8) is 0 Å². The highest BCUT2D eigenvalue weighted by Gasteiger charge is 2.17. The molecule has 48 heavy (non-hydrogen) atoms. The molecule has 0 aliphatic carbocycles. The molecule has 4 heteroatoms. The quantitative estimate of drug-likeness (QED) is 0.192. The molecule has 0 saturated heterocycles. The molecular formula is C44H28FN3. The minimum atomic E-state index is -0.266. The van der Waals surface area contributed by atoms with E-state index < -0.39 is 0 Å². The van der Waals surface area contributed by atoms with Crippen molar-refractivity contribution in [2.24, 2.45) is 0 Å². The van der Waals surface area contributed by atoms with Gasteiger partial charge >= 0.3 is 0 Å². The molecular weight excluding hydrogens is 590 g/mol. The maximum absolute atomic E-state index is 14.4. The van der Waals surface area contributed by atoms with Crippen LogP contribution in [0.3, 0.4) is 0 Å². The summed E-state index contributed by atoms with van der Waals surface area (Å²) < 4.78 is 16.5. The molecule has 9 rings (SSSR count). The summed E-state index contributed by atoms with van der Waals surface area (Å²) in [5.74, 6) is 0.280. The van der Waals surface area contributed by atoms with Crippen LogP contribution in [0.15, 0.2) is 170 Å². The lowest BCUT2D eigenvalue weighted by Gasteiger charge is -2.12. The molecule has 0 spiro atoms. The van der Waals surface area contributed by atoms with E-state index >= 15 is 0 Å². The number of nitrogens with zero attached hydrogens (tertiary/aromatic N) is 3. The molecule has 0 N–H and O–H groups in total. The van der Waals surface area contributed by atoms with E-state index in [4.69, 9.17) is 9.97 Å². The van der Waals surface area contributed by atoms with Crippen LogP contribution in [0.5, 0.6) is 0 Å². The van der Waals surface area contributed by atoms with Crippen LogP contribution in [0.4, 0.5) is 4.39 Å². The second kappa shape index (κ2) is 11.4. The number of benzene rings is 7. The van der Waals surface area contributed by atoms with E-state index in [0.29, 0.717) is 5.95 Å². The molecule has 0 atom stereocenters. The van der Waals surface area contributed by atoms with E-state index in [1.807, 2.05) is 47.3 Å². The predicted molar refractivity (Wildman–Crippen MR) is 196 cm³/mol. The molecule has 2 heterocycles. The van der Waals surface area contributed by atoms with Crippen LogP contribution in [-0.2, 0) is 0 Å². The number of hydrogen-bond donors (Lipinski definition) is 0. The van der Waals surface area contributed by atoms with E-state index in [1.165, 1.54) is 28.3 Å². The van der Waals surface area contributed by atoms with E-state index in [0.717, 1.165) is 54.8 Å². The van der Waals surface area contributed by atoms with Crippen LogP contribution in [0.2, 0.25) is 0 Å². The summed E-state index contributed by atoms with van der Waals surface area (Å²) in [5.41, 5.74) is 10.8. The fraction of sp³-hybridized carbons (Fsp3) is 0. The second-order valence-corrected chi connectivity index (χ2v) is 12.1. The first kappa shape index (κ1) is 27.9. The zero-order valence-electron chi connectivity index (χ0n) is 25.9. The predicted octanol–water partition coefficient (Wildman–Crippen LogP) is 11.5. The van der Waals surface area contributed by atoms with Gasteiger partial charge in [-0.2, -0.15) is 0 Å². The molecule has 0 unspecified atom stereocenters. The first-order valence-corrected chi connectivity index (χ1v) is 16.0. The van der Waals surface area contributed by atoms with Gasteiger partial charge in [-0.1, -0.05) is 121 Å². The van der Waals surface area contributed by atoms with Crippen LogP contribution in [-0.4, -0.2) is 14.5 Å². The Morgan fingerprint density at radius 3 is 1.56 bits per heavy atom. The van der Waals surface area contributed by atoms with Crippen molar-refractivity contribution >= 4 is 32.6 Å². The summed E-state index contributed by atoms with van der Waals surface area (Å²) in [5, 5.41) is 3.99. The zero-order valence-corrected chi connectivity index (χ0v) is 25.9. The summed E-state index contributed by atoms with van der Waals surface area (Å²) in [6.45, 7) is 0. The number of halogens is 1. The van der Waals surface area contributed by atoms with Crippen molar-refractivity contribution in [1.82, 2.24) is 14.5 Å². The first-order chi connectivity index (χ1) is 23.7. The standard InChI is InChI=1S/C44H28FN3/c45-38-20-22-42-41(26-38)40-21-19-33-13-7-8-14-39(33)43(40)48(42)44-46-27-37(28-47-44)32-17-15-31(16-18-32)36-24-34(29-9-3-1-4-10-29)23-35(25-36)30-11-5-2-6-12-30/h1-28H. The first-order valence-electron chi connectivity index (χ1n) is 16.0. The Bertz CT molecular complexity index is 2530. The van der Waals surface area contributed by atoms with Gasteiger partial charge in [0.2, 0.25) is 5.95 Å². The number of rotatable bonds is 5. The van der Waals surface area contributed by atoms with Gasteiger partial charge in [0.25, 0.3) is 0 Å². The van der Waals surface area contributed by atoms with Gasteiger partial charge in [-0.05, 0) is 80.7 Å². The minimum Gasteiger partial charge on any atom is -0.277 e. The fourth-order valence-electron chi connectivity index (χ4n) is 6.79. The summed E-state index contributed by atoms with van der Waals surface area (Å²) in [4.78, 5) is 9.71. The lowest BCUT2D eigenvalue weighted by atomic mass is 9.93. The summed E-state index contributed by atoms with van der Waals surface area (Å²) in [6, 6.07) is 53.7. The third-order valence-electron chi connectivity index (χ3n) is 9.15. The van der Waals surface area contributed by atoms with E-state index in [-0.39, 0.29) is 5.82 Å². The lowest BCUT2D eigenvalue weighted by Crippen LogP contribution is -2.01. The Balaban J connectivity index is 1.10. The third-order valence-corrected chi connectivity index (χ3v) is 9.15. The average Bonchev–Trinajstić information content (AvgIpc) is 3.49. The molecule has 0 bridgehead atoms. The molecule has 0 aliphatic heterocycles. The molecule has 0 amide bonds. The minimum absolute atomic E-state index is 0.266. The Labute approximate surface area is 277 Å². The van der Waals surface area contributed by atoms with Gasteiger partial charge in [-0.15, -0.1) is 0 Å². The molecule has 0 fully saturated rings. The van der Waals surface area contributed by atoms with Gasteiger partial charge in [0.15, 0.2) is 0 Å². The van der Waals surface area contributed by atoms with E-state index in [9.17, 15) is 4.39 Å². The van der Waals surface area contributed by atoms with Crippen LogP contribution in [0.25, 0.3) is 83.0 Å². The highest BCUT2D eigenvalue weighted by Crippen LogP contribution is 2.37. The van der Waals surface area contributed by atoms with Gasteiger partial charge < -0.3 is 0 Å². The van der Waals surface area contributed by atoms with Gasteiger partial charge in [-0.25, -0.2) is 14.4 Å². The number of hydrogen-bond acceptors (Lipinski definition) is 2. The average molecular weight is 618 g/mol. The normalized spacial score (nSPS) is 11.4. The van der Waals surface area contributed by atoms with Crippen molar-refractivity contribution < 1.29 is 4.39 Å². The zero-order chi connectivity index (χ0) is 32.0. The van der Waals surface area contributed by atoms with Crippen molar-refractivity contribution in [3.8, 4) is 50.5 Å². The van der Waals surface area contributed by atoms with Crippen molar-refractivity contribution in [2.45, 2.75) is 0 Å². The fourth-order valence-corrected chi connectivity index (χ4v) is 6.79. The highest BCUT2D eigenvalue weighted by molar-refractivity contribution is 6.18.